The third-order valence-electron chi connectivity index (χ3n) is 4.00. The van der Waals surface area contributed by atoms with E-state index in [1.807, 2.05) is 24.8 Å². The van der Waals surface area contributed by atoms with E-state index in [0.29, 0.717) is 12.3 Å². The molecule has 0 saturated carbocycles. The summed E-state index contributed by atoms with van der Waals surface area (Å²) in [5.74, 6) is 0.282. The number of carbonyl (C=O) groups is 2. The van der Waals surface area contributed by atoms with Gasteiger partial charge in [-0.05, 0) is 11.5 Å². The van der Waals surface area contributed by atoms with Crippen LogP contribution in [0.25, 0.3) is 0 Å². The molecule has 5 nitrogen and oxygen atoms in total. The van der Waals surface area contributed by atoms with Crippen molar-refractivity contribution in [2.45, 2.75) is 26.8 Å². The fourth-order valence-electron chi connectivity index (χ4n) is 2.73. The number of benzene rings is 1. The molecule has 1 aliphatic heterocycles. The van der Waals surface area contributed by atoms with E-state index in [9.17, 15) is 9.59 Å². The SMILES string of the molecule is CC(C)CC(=O)NCC(=O)N1CCN(Cc2ccccc2)CC1. The molecule has 23 heavy (non-hydrogen) atoms. The van der Waals surface area contributed by atoms with Crippen molar-refractivity contribution in [2.75, 3.05) is 32.7 Å². The normalized spacial score (nSPS) is 15.7. The minimum Gasteiger partial charge on any atom is -0.347 e. The highest BCUT2D eigenvalue weighted by molar-refractivity contribution is 5.84. The molecule has 5 heteroatoms. The van der Waals surface area contributed by atoms with Crippen LogP contribution in [0.4, 0.5) is 0 Å². The summed E-state index contributed by atoms with van der Waals surface area (Å²) in [4.78, 5) is 28.0. The highest BCUT2D eigenvalue weighted by Crippen LogP contribution is 2.08. The van der Waals surface area contributed by atoms with Gasteiger partial charge in [-0.1, -0.05) is 44.2 Å². The monoisotopic (exact) mass is 317 g/mol. The van der Waals surface area contributed by atoms with Gasteiger partial charge in [-0.25, -0.2) is 0 Å². The molecule has 0 aromatic heterocycles. The van der Waals surface area contributed by atoms with Gasteiger partial charge >= 0.3 is 0 Å². The lowest BCUT2D eigenvalue weighted by Gasteiger charge is -2.34. The zero-order chi connectivity index (χ0) is 16.7. The molecule has 0 unspecified atom stereocenters. The Morgan fingerprint density at radius 2 is 1.74 bits per heavy atom. The fraction of sp³-hybridized carbons (Fsp3) is 0.556. The van der Waals surface area contributed by atoms with Crippen LogP contribution in [-0.2, 0) is 16.1 Å². The minimum absolute atomic E-state index is 0.0152. The van der Waals surface area contributed by atoms with Gasteiger partial charge in [-0.3, -0.25) is 14.5 Å². The third kappa shape index (κ3) is 6.02. The van der Waals surface area contributed by atoms with Crippen LogP contribution in [0.5, 0.6) is 0 Å². The van der Waals surface area contributed by atoms with Gasteiger partial charge in [0.15, 0.2) is 0 Å². The predicted molar refractivity (Wildman–Crippen MR) is 90.8 cm³/mol. The summed E-state index contributed by atoms with van der Waals surface area (Å²) >= 11 is 0. The van der Waals surface area contributed by atoms with E-state index in [1.54, 1.807) is 0 Å². The molecule has 1 fully saturated rings. The Kier molecular flexibility index (Phi) is 6.59. The smallest absolute Gasteiger partial charge is 0.242 e. The van der Waals surface area contributed by atoms with Crippen molar-refractivity contribution < 1.29 is 9.59 Å². The predicted octanol–water partition coefficient (Wildman–Crippen LogP) is 1.49. The first kappa shape index (κ1) is 17.5. The van der Waals surface area contributed by atoms with Crippen molar-refractivity contribution in [3.8, 4) is 0 Å². The van der Waals surface area contributed by atoms with Gasteiger partial charge < -0.3 is 10.2 Å². The van der Waals surface area contributed by atoms with E-state index in [0.717, 1.165) is 32.7 Å². The maximum absolute atomic E-state index is 12.1. The average Bonchev–Trinajstić information content (AvgIpc) is 2.54. The quantitative estimate of drug-likeness (QED) is 0.865. The summed E-state index contributed by atoms with van der Waals surface area (Å²) in [6.45, 7) is 8.23. The molecule has 1 heterocycles. The zero-order valence-corrected chi connectivity index (χ0v) is 14.1. The molecule has 1 N–H and O–H groups in total. The Balaban J connectivity index is 1.69. The summed E-state index contributed by atoms with van der Waals surface area (Å²) in [5, 5.41) is 2.72. The molecule has 0 radical (unpaired) electrons. The molecule has 0 bridgehead atoms. The Hall–Kier alpha value is -1.88. The molecule has 1 aromatic rings. The number of carbonyl (C=O) groups excluding carboxylic acids is 2. The van der Waals surface area contributed by atoms with E-state index in [-0.39, 0.29) is 18.4 Å². The summed E-state index contributed by atoms with van der Waals surface area (Å²) in [5.41, 5.74) is 1.30. The molecule has 1 saturated heterocycles. The average molecular weight is 317 g/mol. The van der Waals surface area contributed by atoms with Gasteiger partial charge in [-0.15, -0.1) is 0 Å². The maximum atomic E-state index is 12.1. The topological polar surface area (TPSA) is 52.7 Å². The second-order valence-corrected chi connectivity index (χ2v) is 6.52. The third-order valence-corrected chi connectivity index (χ3v) is 4.00. The molecule has 1 aromatic carbocycles. The fourth-order valence-corrected chi connectivity index (χ4v) is 2.73. The Morgan fingerprint density at radius 1 is 1.09 bits per heavy atom. The van der Waals surface area contributed by atoms with Crippen molar-refractivity contribution in [1.29, 1.82) is 0 Å². The molecule has 0 aliphatic carbocycles. The van der Waals surface area contributed by atoms with Crippen LogP contribution in [-0.4, -0.2) is 54.3 Å². The Labute approximate surface area is 138 Å². The van der Waals surface area contributed by atoms with E-state index in [1.165, 1.54) is 5.56 Å². The van der Waals surface area contributed by atoms with Crippen molar-refractivity contribution in [1.82, 2.24) is 15.1 Å². The first-order valence-corrected chi connectivity index (χ1v) is 8.35. The molecule has 2 rings (SSSR count). The first-order chi connectivity index (χ1) is 11.0. The van der Waals surface area contributed by atoms with Gasteiger partial charge in [-0.2, -0.15) is 0 Å². The number of hydrogen-bond donors (Lipinski definition) is 1. The van der Waals surface area contributed by atoms with Crippen molar-refractivity contribution in [3.05, 3.63) is 35.9 Å². The molecule has 2 amide bonds. The van der Waals surface area contributed by atoms with Gasteiger partial charge in [0.1, 0.15) is 0 Å². The van der Waals surface area contributed by atoms with E-state index < -0.39 is 0 Å². The van der Waals surface area contributed by atoms with Gasteiger partial charge in [0.2, 0.25) is 11.8 Å². The van der Waals surface area contributed by atoms with Gasteiger partial charge in [0, 0.05) is 39.1 Å². The van der Waals surface area contributed by atoms with Crippen LogP contribution >= 0.6 is 0 Å². The summed E-state index contributed by atoms with van der Waals surface area (Å²) in [7, 11) is 0. The number of rotatable bonds is 6. The van der Waals surface area contributed by atoms with Crippen LogP contribution in [0.2, 0.25) is 0 Å². The number of hydrogen-bond acceptors (Lipinski definition) is 3. The van der Waals surface area contributed by atoms with Crippen molar-refractivity contribution in [3.63, 3.8) is 0 Å². The lowest BCUT2D eigenvalue weighted by molar-refractivity contribution is -0.134. The van der Waals surface area contributed by atoms with Crippen LogP contribution in [0.1, 0.15) is 25.8 Å². The maximum Gasteiger partial charge on any atom is 0.242 e. The van der Waals surface area contributed by atoms with E-state index >= 15 is 0 Å². The zero-order valence-electron chi connectivity index (χ0n) is 14.1. The number of nitrogens with zero attached hydrogens (tertiary/aromatic N) is 2. The van der Waals surface area contributed by atoms with Crippen LogP contribution in [0.15, 0.2) is 30.3 Å². The lowest BCUT2D eigenvalue weighted by Crippen LogP contribution is -2.50. The molecule has 1 aliphatic rings. The van der Waals surface area contributed by atoms with Gasteiger partial charge in [0.25, 0.3) is 0 Å². The Bertz CT molecular complexity index is 508. The second-order valence-electron chi connectivity index (χ2n) is 6.52. The molecule has 0 spiro atoms. The lowest BCUT2D eigenvalue weighted by atomic mass is 10.1. The van der Waals surface area contributed by atoms with Crippen molar-refractivity contribution >= 4 is 11.8 Å². The van der Waals surface area contributed by atoms with E-state index in [2.05, 4.69) is 34.5 Å². The summed E-state index contributed by atoms with van der Waals surface area (Å²) < 4.78 is 0. The van der Waals surface area contributed by atoms with E-state index in [4.69, 9.17) is 0 Å². The van der Waals surface area contributed by atoms with Crippen LogP contribution < -0.4 is 5.32 Å². The number of piperazine rings is 1. The molecule has 0 atom stereocenters. The minimum atomic E-state index is -0.0453. The molecule has 126 valence electrons. The standard InChI is InChI=1S/C18H27N3O2/c1-15(2)12-17(22)19-13-18(23)21-10-8-20(9-11-21)14-16-6-4-3-5-7-16/h3-7,15H,8-14H2,1-2H3,(H,19,22). The number of nitrogens with one attached hydrogen (secondary N) is 1. The Morgan fingerprint density at radius 3 is 2.35 bits per heavy atom. The largest absolute Gasteiger partial charge is 0.347 e. The highest BCUT2D eigenvalue weighted by Gasteiger charge is 2.21. The second kappa shape index (κ2) is 8.67. The van der Waals surface area contributed by atoms with Crippen molar-refractivity contribution in [2.24, 2.45) is 5.92 Å². The number of amides is 2. The summed E-state index contributed by atoms with van der Waals surface area (Å²) in [6.07, 6.45) is 0.470. The van der Waals surface area contributed by atoms with Gasteiger partial charge in [0.05, 0.1) is 6.54 Å². The van der Waals surface area contributed by atoms with Crippen LogP contribution in [0, 0.1) is 5.92 Å². The molecular weight excluding hydrogens is 290 g/mol. The first-order valence-electron chi connectivity index (χ1n) is 8.35. The highest BCUT2D eigenvalue weighted by atomic mass is 16.2. The molecular formula is C18H27N3O2. The van der Waals surface area contributed by atoms with Crippen LogP contribution in [0.3, 0.4) is 0 Å². The summed E-state index contributed by atoms with van der Waals surface area (Å²) in [6, 6.07) is 10.4.